The monoisotopic (exact) mass is 350 g/mol. The molecule has 1 aromatic carbocycles. The van der Waals surface area contributed by atoms with Crippen LogP contribution in [-0.4, -0.2) is 47.2 Å². The topological polar surface area (TPSA) is 61.0 Å². The molecule has 0 saturated carbocycles. The standard InChI is InChI=1S/C15H19BrN4O/c16-13-8-11(9-14-12(13)10-18-19-14)15(21)17-4-7-20-5-2-1-3-6-20/h8-10H,1-7H2,(H,17,21)(H,18,19). The molecule has 6 heteroatoms. The first kappa shape index (κ1) is 14.5. The number of hydrogen-bond acceptors (Lipinski definition) is 3. The van der Waals surface area contributed by atoms with Gasteiger partial charge in [0.2, 0.25) is 0 Å². The highest BCUT2D eigenvalue weighted by atomic mass is 79.9. The molecule has 3 rings (SSSR count). The zero-order valence-corrected chi connectivity index (χ0v) is 13.4. The minimum atomic E-state index is -0.0378. The van der Waals surface area contributed by atoms with Crippen LogP contribution in [0.1, 0.15) is 29.6 Å². The highest BCUT2D eigenvalue weighted by molar-refractivity contribution is 9.10. The number of rotatable bonds is 4. The van der Waals surface area contributed by atoms with Gasteiger partial charge in [-0.2, -0.15) is 5.10 Å². The Labute approximate surface area is 132 Å². The lowest BCUT2D eigenvalue weighted by molar-refractivity contribution is 0.0946. The third kappa shape index (κ3) is 3.44. The summed E-state index contributed by atoms with van der Waals surface area (Å²) in [6.07, 6.45) is 5.63. The summed E-state index contributed by atoms with van der Waals surface area (Å²) in [5.74, 6) is -0.0378. The summed E-state index contributed by atoms with van der Waals surface area (Å²) in [6.45, 7) is 3.93. The maximum atomic E-state index is 12.2. The number of likely N-dealkylation sites (tertiary alicyclic amines) is 1. The third-order valence-electron chi connectivity index (χ3n) is 3.93. The lowest BCUT2D eigenvalue weighted by Gasteiger charge is -2.26. The molecule has 1 fully saturated rings. The van der Waals surface area contributed by atoms with Crippen molar-refractivity contribution in [3.05, 3.63) is 28.4 Å². The quantitative estimate of drug-likeness (QED) is 0.890. The van der Waals surface area contributed by atoms with Crippen molar-refractivity contribution >= 4 is 32.7 Å². The number of nitrogens with zero attached hydrogens (tertiary/aromatic N) is 2. The summed E-state index contributed by atoms with van der Waals surface area (Å²) >= 11 is 3.48. The molecule has 2 heterocycles. The average Bonchev–Trinajstić information content (AvgIpc) is 2.97. The number of hydrogen-bond donors (Lipinski definition) is 2. The van der Waals surface area contributed by atoms with Crippen LogP contribution in [0, 0.1) is 0 Å². The number of aromatic amines is 1. The fourth-order valence-corrected chi connectivity index (χ4v) is 3.31. The van der Waals surface area contributed by atoms with Gasteiger partial charge >= 0.3 is 0 Å². The van der Waals surface area contributed by atoms with Crippen molar-refractivity contribution in [2.24, 2.45) is 0 Å². The van der Waals surface area contributed by atoms with Gasteiger partial charge in [-0.3, -0.25) is 9.89 Å². The fraction of sp³-hybridized carbons (Fsp3) is 0.467. The number of halogens is 1. The predicted octanol–water partition coefficient (Wildman–Crippen LogP) is 2.54. The van der Waals surface area contributed by atoms with Crippen molar-refractivity contribution < 1.29 is 4.79 Å². The van der Waals surface area contributed by atoms with Crippen molar-refractivity contribution in [1.82, 2.24) is 20.4 Å². The van der Waals surface area contributed by atoms with Crippen molar-refractivity contribution in [3.63, 3.8) is 0 Å². The number of amides is 1. The number of H-pyrrole nitrogens is 1. The van der Waals surface area contributed by atoms with E-state index in [2.05, 4.69) is 36.3 Å². The van der Waals surface area contributed by atoms with Gasteiger partial charge in [0, 0.05) is 28.5 Å². The van der Waals surface area contributed by atoms with Crippen LogP contribution in [0.3, 0.4) is 0 Å². The second-order valence-corrected chi connectivity index (χ2v) is 6.30. The third-order valence-corrected chi connectivity index (χ3v) is 4.59. The molecule has 1 saturated heterocycles. The lowest BCUT2D eigenvalue weighted by Crippen LogP contribution is -2.37. The molecule has 0 radical (unpaired) electrons. The van der Waals surface area contributed by atoms with Crippen LogP contribution < -0.4 is 5.32 Å². The Kier molecular flexibility index (Phi) is 4.55. The van der Waals surface area contributed by atoms with E-state index >= 15 is 0 Å². The van der Waals surface area contributed by atoms with E-state index in [1.807, 2.05) is 12.1 Å². The van der Waals surface area contributed by atoms with Crippen LogP contribution >= 0.6 is 15.9 Å². The van der Waals surface area contributed by atoms with Crippen molar-refractivity contribution in [1.29, 1.82) is 0 Å². The first-order valence-electron chi connectivity index (χ1n) is 7.37. The summed E-state index contributed by atoms with van der Waals surface area (Å²) < 4.78 is 0.884. The molecule has 0 bridgehead atoms. The van der Waals surface area contributed by atoms with E-state index in [9.17, 15) is 4.79 Å². The summed E-state index contributed by atoms with van der Waals surface area (Å²) in [5.41, 5.74) is 1.52. The van der Waals surface area contributed by atoms with Gasteiger partial charge in [-0.15, -0.1) is 0 Å². The largest absolute Gasteiger partial charge is 0.351 e. The van der Waals surface area contributed by atoms with Crippen molar-refractivity contribution in [2.75, 3.05) is 26.2 Å². The van der Waals surface area contributed by atoms with Gasteiger partial charge in [0.25, 0.3) is 5.91 Å². The van der Waals surface area contributed by atoms with E-state index in [1.54, 1.807) is 6.20 Å². The summed E-state index contributed by atoms with van der Waals surface area (Å²) in [5, 5.41) is 10.9. The zero-order chi connectivity index (χ0) is 14.7. The number of carbonyl (C=O) groups is 1. The zero-order valence-electron chi connectivity index (χ0n) is 11.9. The van der Waals surface area contributed by atoms with Crippen LogP contribution in [0.25, 0.3) is 10.9 Å². The van der Waals surface area contributed by atoms with Gasteiger partial charge in [-0.05, 0) is 38.1 Å². The number of carbonyl (C=O) groups excluding carboxylic acids is 1. The van der Waals surface area contributed by atoms with E-state index in [1.165, 1.54) is 19.3 Å². The SMILES string of the molecule is O=C(NCCN1CCCCC1)c1cc(Br)c2cn[nH]c2c1. The van der Waals surface area contributed by atoms with Crippen molar-refractivity contribution in [3.8, 4) is 0 Å². The van der Waals surface area contributed by atoms with Crippen LogP contribution in [0.15, 0.2) is 22.8 Å². The number of aromatic nitrogens is 2. The Bertz CT molecular complexity index is 634. The Morgan fingerprint density at radius 2 is 2.14 bits per heavy atom. The molecule has 21 heavy (non-hydrogen) atoms. The Morgan fingerprint density at radius 1 is 1.33 bits per heavy atom. The molecule has 2 aromatic rings. The first-order valence-corrected chi connectivity index (χ1v) is 8.16. The van der Waals surface area contributed by atoms with Crippen molar-refractivity contribution in [2.45, 2.75) is 19.3 Å². The van der Waals surface area contributed by atoms with Crippen LogP contribution in [0.5, 0.6) is 0 Å². The van der Waals surface area contributed by atoms with Gasteiger partial charge in [0.05, 0.1) is 11.7 Å². The Balaban J connectivity index is 1.58. The van der Waals surface area contributed by atoms with Gasteiger partial charge < -0.3 is 10.2 Å². The van der Waals surface area contributed by atoms with Gasteiger partial charge in [0.15, 0.2) is 0 Å². The average molecular weight is 351 g/mol. The molecule has 1 amide bonds. The molecule has 0 atom stereocenters. The Hall–Kier alpha value is -1.40. The number of nitrogens with one attached hydrogen (secondary N) is 2. The molecule has 0 spiro atoms. The normalized spacial score (nSPS) is 16.2. The molecular formula is C15H19BrN4O. The summed E-state index contributed by atoms with van der Waals surface area (Å²) in [6, 6.07) is 3.68. The summed E-state index contributed by atoms with van der Waals surface area (Å²) in [7, 11) is 0. The molecule has 112 valence electrons. The minimum Gasteiger partial charge on any atom is -0.351 e. The van der Waals surface area contributed by atoms with E-state index < -0.39 is 0 Å². The second kappa shape index (κ2) is 6.58. The molecule has 5 nitrogen and oxygen atoms in total. The van der Waals surface area contributed by atoms with Crippen LogP contribution in [-0.2, 0) is 0 Å². The molecule has 1 aromatic heterocycles. The fourth-order valence-electron chi connectivity index (χ4n) is 2.75. The van der Waals surface area contributed by atoms with Crippen LogP contribution in [0.4, 0.5) is 0 Å². The highest BCUT2D eigenvalue weighted by Crippen LogP contribution is 2.24. The summed E-state index contributed by atoms with van der Waals surface area (Å²) in [4.78, 5) is 14.6. The minimum absolute atomic E-state index is 0.0378. The smallest absolute Gasteiger partial charge is 0.251 e. The second-order valence-electron chi connectivity index (χ2n) is 5.45. The van der Waals surface area contributed by atoms with E-state index in [0.29, 0.717) is 12.1 Å². The molecule has 0 aliphatic carbocycles. The Morgan fingerprint density at radius 3 is 2.95 bits per heavy atom. The van der Waals surface area contributed by atoms with Gasteiger partial charge in [0.1, 0.15) is 0 Å². The number of fused-ring (bicyclic) bond motifs is 1. The molecular weight excluding hydrogens is 332 g/mol. The van der Waals surface area contributed by atoms with E-state index in [-0.39, 0.29) is 5.91 Å². The molecule has 0 unspecified atom stereocenters. The van der Waals surface area contributed by atoms with Gasteiger partial charge in [-0.1, -0.05) is 22.4 Å². The van der Waals surface area contributed by atoms with Crippen LogP contribution in [0.2, 0.25) is 0 Å². The maximum Gasteiger partial charge on any atom is 0.251 e. The van der Waals surface area contributed by atoms with E-state index in [0.717, 1.165) is 35.0 Å². The van der Waals surface area contributed by atoms with Gasteiger partial charge in [-0.25, -0.2) is 0 Å². The number of benzene rings is 1. The molecule has 1 aliphatic heterocycles. The first-order chi connectivity index (χ1) is 10.2. The predicted molar refractivity (Wildman–Crippen MR) is 86.4 cm³/mol. The molecule has 1 aliphatic rings. The lowest BCUT2D eigenvalue weighted by atomic mass is 10.1. The maximum absolute atomic E-state index is 12.2. The highest BCUT2D eigenvalue weighted by Gasteiger charge is 2.12. The molecule has 2 N–H and O–H groups in total. The number of piperidine rings is 1. The van der Waals surface area contributed by atoms with E-state index in [4.69, 9.17) is 0 Å².